The van der Waals surface area contributed by atoms with Crippen LogP contribution in [0.15, 0.2) is 36.4 Å². The number of methoxy groups -OCH3 is 1. The fourth-order valence-electron chi connectivity index (χ4n) is 1.09. The van der Waals surface area contributed by atoms with E-state index in [1.165, 1.54) is 31.4 Å². The van der Waals surface area contributed by atoms with Crippen molar-refractivity contribution >= 4 is 23.3 Å². The molecule has 1 amide bonds. The lowest BCUT2D eigenvalue weighted by Crippen LogP contribution is -2.09. The fourth-order valence-corrected chi connectivity index (χ4v) is 1.09. The fraction of sp³-hybridized carbons (Fsp3) is 0.0909. The Morgan fingerprint density at radius 2 is 2.11 bits per heavy atom. The monoisotopic (exact) mass is 250 g/mol. The van der Waals surface area contributed by atoms with E-state index < -0.39 is 16.8 Å². The molecule has 0 spiro atoms. The molecule has 7 nitrogen and oxygen atoms in total. The number of non-ortho nitro benzene ring substituents is 1. The van der Waals surface area contributed by atoms with E-state index in [-0.39, 0.29) is 11.4 Å². The molecular formula is C11H10N2O5. The van der Waals surface area contributed by atoms with Gasteiger partial charge >= 0.3 is 5.97 Å². The second-order valence-corrected chi connectivity index (χ2v) is 3.15. The van der Waals surface area contributed by atoms with Crippen LogP contribution in [-0.4, -0.2) is 23.9 Å². The summed E-state index contributed by atoms with van der Waals surface area (Å²) in [6.07, 6.45) is 1.93. The third kappa shape index (κ3) is 4.05. The molecule has 0 atom stereocenters. The van der Waals surface area contributed by atoms with Gasteiger partial charge in [0.15, 0.2) is 0 Å². The number of nitro benzene ring substituents is 1. The van der Waals surface area contributed by atoms with Gasteiger partial charge in [-0.3, -0.25) is 14.9 Å². The van der Waals surface area contributed by atoms with Crippen LogP contribution >= 0.6 is 0 Å². The highest BCUT2D eigenvalue weighted by Crippen LogP contribution is 2.16. The number of rotatable bonds is 4. The van der Waals surface area contributed by atoms with Gasteiger partial charge < -0.3 is 10.1 Å². The van der Waals surface area contributed by atoms with Crippen molar-refractivity contribution in [1.29, 1.82) is 0 Å². The largest absolute Gasteiger partial charge is 0.466 e. The van der Waals surface area contributed by atoms with Crippen LogP contribution in [0.1, 0.15) is 0 Å². The van der Waals surface area contributed by atoms with E-state index in [9.17, 15) is 19.7 Å². The molecule has 1 aromatic rings. The van der Waals surface area contributed by atoms with Gasteiger partial charge in [-0.15, -0.1) is 0 Å². The van der Waals surface area contributed by atoms with Gasteiger partial charge in [0.1, 0.15) is 0 Å². The summed E-state index contributed by atoms with van der Waals surface area (Å²) in [7, 11) is 1.19. The first kappa shape index (κ1) is 13.4. The minimum absolute atomic E-state index is 0.134. The molecule has 0 aromatic heterocycles. The molecule has 0 heterocycles. The SMILES string of the molecule is COC(=O)C=CC(=O)Nc1cccc([N+](=O)[O-])c1. The number of hydrogen-bond acceptors (Lipinski definition) is 5. The summed E-state index contributed by atoms with van der Waals surface area (Å²) < 4.78 is 4.31. The van der Waals surface area contributed by atoms with Gasteiger partial charge in [0.25, 0.3) is 5.69 Å². The number of nitrogens with one attached hydrogen (secondary N) is 1. The number of hydrogen-bond donors (Lipinski definition) is 1. The van der Waals surface area contributed by atoms with E-state index in [2.05, 4.69) is 10.1 Å². The quantitative estimate of drug-likeness (QED) is 0.375. The summed E-state index contributed by atoms with van der Waals surface area (Å²) in [5, 5.41) is 12.9. The normalized spacial score (nSPS) is 10.1. The molecule has 7 heteroatoms. The number of esters is 1. The zero-order valence-electron chi connectivity index (χ0n) is 9.45. The molecule has 0 bridgehead atoms. The lowest BCUT2D eigenvalue weighted by Gasteiger charge is -2.01. The molecule has 1 N–H and O–H groups in total. The molecule has 18 heavy (non-hydrogen) atoms. The summed E-state index contributed by atoms with van der Waals surface area (Å²) in [6, 6.07) is 5.46. The number of benzene rings is 1. The molecule has 0 fully saturated rings. The van der Waals surface area contributed by atoms with Crippen molar-refractivity contribution in [2.24, 2.45) is 0 Å². The van der Waals surface area contributed by atoms with Crippen molar-refractivity contribution in [3.63, 3.8) is 0 Å². The van der Waals surface area contributed by atoms with E-state index in [1.807, 2.05) is 0 Å². The molecule has 0 aliphatic carbocycles. The number of carbonyl (C=O) groups is 2. The van der Waals surface area contributed by atoms with Crippen LogP contribution in [0.25, 0.3) is 0 Å². The van der Waals surface area contributed by atoms with Gasteiger partial charge in [0.05, 0.1) is 12.0 Å². The maximum absolute atomic E-state index is 11.3. The zero-order chi connectivity index (χ0) is 13.5. The Balaban J connectivity index is 2.70. The second-order valence-electron chi connectivity index (χ2n) is 3.15. The molecule has 1 aromatic carbocycles. The van der Waals surface area contributed by atoms with Crippen molar-refractivity contribution in [3.8, 4) is 0 Å². The average molecular weight is 250 g/mol. The zero-order valence-corrected chi connectivity index (χ0v) is 9.45. The molecular weight excluding hydrogens is 240 g/mol. The Kier molecular flexibility index (Phi) is 4.56. The number of ether oxygens (including phenoxy) is 1. The third-order valence-electron chi connectivity index (χ3n) is 1.90. The molecule has 0 saturated heterocycles. The average Bonchev–Trinajstić information content (AvgIpc) is 2.36. The van der Waals surface area contributed by atoms with Crippen molar-refractivity contribution < 1.29 is 19.2 Å². The minimum atomic E-state index is -0.663. The van der Waals surface area contributed by atoms with Crippen LogP contribution in [0.3, 0.4) is 0 Å². The summed E-state index contributed by atoms with van der Waals surface area (Å²) >= 11 is 0. The maximum atomic E-state index is 11.3. The van der Waals surface area contributed by atoms with Gasteiger partial charge in [0.2, 0.25) is 5.91 Å². The molecule has 0 aliphatic heterocycles. The Labute approximate surface area is 102 Å². The smallest absolute Gasteiger partial charge is 0.330 e. The highest BCUT2D eigenvalue weighted by Gasteiger charge is 2.06. The van der Waals surface area contributed by atoms with E-state index in [0.29, 0.717) is 0 Å². The third-order valence-corrected chi connectivity index (χ3v) is 1.90. The van der Waals surface area contributed by atoms with E-state index >= 15 is 0 Å². The second kappa shape index (κ2) is 6.14. The summed E-state index contributed by atoms with van der Waals surface area (Å²) in [5.41, 5.74) is 0.133. The summed E-state index contributed by atoms with van der Waals surface area (Å²) in [4.78, 5) is 32.0. The number of nitrogens with zero attached hydrogens (tertiary/aromatic N) is 1. The Morgan fingerprint density at radius 1 is 1.39 bits per heavy atom. The highest BCUT2D eigenvalue weighted by atomic mass is 16.6. The topological polar surface area (TPSA) is 98.5 Å². The number of anilines is 1. The Bertz CT molecular complexity index is 510. The lowest BCUT2D eigenvalue weighted by molar-refractivity contribution is -0.384. The molecule has 94 valence electrons. The maximum Gasteiger partial charge on any atom is 0.330 e. The van der Waals surface area contributed by atoms with Gasteiger partial charge in [-0.25, -0.2) is 4.79 Å². The lowest BCUT2D eigenvalue weighted by atomic mass is 10.3. The van der Waals surface area contributed by atoms with E-state index in [4.69, 9.17) is 0 Å². The van der Waals surface area contributed by atoms with Gasteiger partial charge in [0, 0.05) is 30.0 Å². The molecule has 1 rings (SSSR count). The van der Waals surface area contributed by atoms with Crippen molar-refractivity contribution in [3.05, 3.63) is 46.5 Å². The van der Waals surface area contributed by atoms with Crippen LogP contribution < -0.4 is 5.32 Å². The van der Waals surface area contributed by atoms with Crippen molar-refractivity contribution in [2.75, 3.05) is 12.4 Å². The first-order chi connectivity index (χ1) is 8.52. The predicted molar refractivity (Wildman–Crippen MR) is 62.9 cm³/mol. The highest BCUT2D eigenvalue weighted by molar-refractivity contribution is 6.02. The van der Waals surface area contributed by atoms with Crippen molar-refractivity contribution in [1.82, 2.24) is 0 Å². The Morgan fingerprint density at radius 3 is 2.72 bits per heavy atom. The van der Waals surface area contributed by atoms with Crippen LogP contribution in [-0.2, 0) is 14.3 Å². The van der Waals surface area contributed by atoms with Crippen molar-refractivity contribution in [2.45, 2.75) is 0 Å². The molecule has 0 unspecified atom stereocenters. The first-order valence-corrected chi connectivity index (χ1v) is 4.84. The number of nitro groups is 1. The minimum Gasteiger partial charge on any atom is -0.466 e. The molecule has 0 aliphatic rings. The number of carbonyl (C=O) groups excluding carboxylic acids is 2. The molecule has 0 radical (unpaired) electrons. The number of amides is 1. The summed E-state index contributed by atoms with van der Waals surface area (Å²) in [5.74, 6) is -1.25. The predicted octanol–water partition coefficient (Wildman–Crippen LogP) is 1.26. The van der Waals surface area contributed by atoms with E-state index in [0.717, 1.165) is 12.2 Å². The van der Waals surface area contributed by atoms with Crippen LogP contribution in [0.2, 0.25) is 0 Å². The van der Waals surface area contributed by atoms with E-state index in [1.54, 1.807) is 0 Å². The van der Waals surface area contributed by atoms with Gasteiger partial charge in [-0.2, -0.15) is 0 Å². The van der Waals surface area contributed by atoms with Gasteiger partial charge in [-0.05, 0) is 6.07 Å². The Hall–Kier alpha value is -2.70. The standard InChI is InChI=1S/C11H10N2O5/c1-18-11(15)6-5-10(14)12-8-3-2-4-9(7-8)13(16)17/h2-7H,1H3,(H,12,14). The first-order valence-electron chi connectivity index (χ1n) is 4.84. The van der Waals surface area contributed by atoms with Crippen LogP contribution in [0, 0.1) is 10.1 Å². The van der Waals surface area contributed by atoms with Crippen LogP contribution in [0.5, 0.6) is 0 Å². The van der Waals surface area contributed by atoms with Crippen LogP contribution in [0.4, 0.5) is 11.4 Å². The van der Waals surface area contributed by atoms with Gasteiger partial charge in [-0.1, -0.05) is 6.07 Å². The molecule has 0 saturated carbocycles. The summed E-state index contributed by atoms with van der Waals surface area (Å²) in [6.45, 7) is 0.